The van der Waals surface area contributed by atoms with E-state index in [1.54, 1.807) is 12.4 Å². The first-order chi connectivity index (χ1) is 17.6. The van der Waals surface area contributed by atoms with Crippen molar-refractivity contribution in [3.63, 3.8) is 0 Å². The highest BCUT2D eigenvalue weighted by Gasteiger charge is 2.46. The summed E-state index contributed by atoms with van der Waals surface area (Å²) in [6.45, 7) is 4.21. The molecular weight excluding hydrogens is 446 g/mol. The Hall–Kier alpha value is -3.60. The van der Waals surface area contributed by atoms with Gasteiger partial charge in [0.2, 0.25) is 5.91 Å². The van der Waals surface area contributed by atoms with Gasteiger partial charge < -0.3 is 4.90 Å². The van der Waals surface area contributed by atoms with Gasteiger partial charge in [0.25, 0.3) is 0 Å². The van der Waals surface area contributed by atoms with E-state index in [1.165, 1.54) is 5.56 Å². The molecule has 0 unspecified atom stereocenters. The standard InChI is InChI=1S/C31H33N3O2/c1-3-4-5-12-29(36)34-27-11-7-6-10-25(27)33-26-18-24(22-15-13-21(2)14-16-22)19-28(35)30(26)31(34)23-9-8-17-32-20-23/h6-11,13-17,20,24,30-31H,3-5,12,18-19H2,1-2H3/t24-,30+,31-/m1/s1. The summed E-state index contributed by atoms with van der Waals surface area (Å²) in [5.41, 5.74) is 5.63. The van der Waals surface area contributed by atoms with Crippen LogP contribution in [0.25, 0.3) is 0 Å². The van der Waals surface area contributed by atoms with Gasteiger partial charge in [-0.05, 0) is 55.0 Å². The topological polar surface area (TPSA) is 62.6 Å². The molecular formula is C31H33N3O2. The minimum atomic E-state index is -0.488. The summed E-state index contributed by atoms with van der Waals surface area (Å²) >= 11 is 0. The normalized spacial score (nSPS) is 21.3. The molecule has 5 rings (SSSR count). The molecule has 5 heteroatoms. The van der Waals surface area contributed by atoms with Gasteiger partial charge in [0, 0.05) is 30.9 Å². The second-order valence-electron chi connectivity index (χ2n) is 10.0. The molecule has 3 aromatic rings. The number of Topliss-reactive ketones (excluding diaryl/α,β-unsaturated/α-hetero) is 1. The number of carbonyl (C=O) groups is 2. The molecule has 1 fully saturated rings. The van der Waals surface area contributed by atoms with Crippen LogP contribution in [0.3, 0.4) is 0 Å². The molecule has 1 aromatic heterocycles. The van der Waals surface area contributed by atoms with Gasteiger partial charge in [-0.25, -0.2) is 0 Å². The lowest BCUT2D eigenvalue weighted by molar-refractivity contribution is -0.123. The molecule has 3 atom stereocenters. The van der Waals surface area contributed by atoms with Gasteiger partial charge in [0.05, 0.1) is 23.3 Å². The van der Waals surface area contributed by atoms with Gasteiger partial charge >= 0.3 is 0 Å². The van der Waals surface area contributed by atoms with E-state index in [4.69, 9.17) is 4.99 Å². The largest absolute Gasteiger partial charge is 0.302 e. The highest BCUT2D eigenvalue weighted by molar-refractivity contribution is 6.13. The molecule has 1 saturated carbocycles. The van der Waals surface area contributed by atoms with E-state index in [9.17, 15) is 9.59 Å². The number of para-hydroxylation sites is 2. The molecule has 1 aliphatic carbocycles. The van der Waals surface area contributed by atoms with Gasteiger partial charge in [-0.3, -0.25) is 19.6 Å². The maximum Gasteiger partial charge on any atom is 0.227 e. The van der Waals surface area contributed by atoms with Crippen LogP contribution >= 0.6 is 0 Å². The number of aryl methyl sites for hydroxylation is 1. The van der Waals surface area contributed by atoms with Gasteiger partial charge in [0.15, 0.2) is 0 Å². The Morgan fingerprint density at radius 2 is 1.78 bits per heavy atom. The van der Waals surface area contributed by atoms with Crippen LogP contribution < -0.4 is 4.90 Å². The van der Waals surface area contributed by atoms with Crippen LogP contribution in [0.15, 0.2) is 78.0 Å². The zero-order valence-electron chi connectivity index (χ0n) is 21.1. The molecule has 1 aliphatic heterocycles. The van der Waals surface area contributed by atoms with Crippen LogP contribution in [-0.4, -0.2) is 22.4 Å². The molecule has 5 nitrogen and oxygen atoms in total. The Morgan fingerprint density at radius 3 is 2.53 bits per heavy atom. The van der Waals surface area contributed by atoms with Crippen LogP contribution in [0.5, 0.6) is 0 Å². The average Bonchev–Trinajstić information content (AvgIpc) is 3.04. The third-order valence-electron chi connectivity index (χ3n) is 7.45. The lowest BCUT2D eigenvalue weighted by Crippen LogP contribution is -2.45. The summed E-state index contributed by atoms with van der Waals surface area (Å²) in [6.07, 6.45) is 7.98. The van der Waals surface area contributed by atoms with E-state index in [1.807, 2.05) is 41.3 Å². The Kier molecular flexibility index (Phi) is 7.08. The quantitative estimate of drug-likeness (QED) is 0.362. The molecule has 1 amide bonds. The van der Waals surface area contributed by atoms with Crippen molar-refractivity contribution in [2.45, 2.75) is 64.3 Å². The van der Waals surface area contributed by atoms with E-state index in [0.717, 1.165) is 47.5 Å². The number of unbranched alkanes of at least 4 members (excludes halogenated alkanes) is 2. The Bertz CT molecular complexity index is 1270. The van der Waals surface area contributed by atoms with Crippen molar-refractivity contribution in [1.82, 2.24) is 4.98 Å². The van der Waals surface area contributed by atoms with Crippen molar-refractivity contribution < 1.29 is 9.59 Å². The summed E-state index contributed by atoms with van der Waals surface area (Å²) in [4.78, 5) is 39.1. The number of fused-ring (bicyclic) bond motifs is 2. The SMILES string of the molecule is CCCCCC(=O)N1c2ccccc2N=C2C[C@@H](c3ccc(C)cc3)CC(=O)[C@H]2[C@H]1c1cccnc1. The molecule has 0 spiro atoms. The van der Waals surface area contributed by atoms with Crippen molar-refractivity contribution >= 4 is 28.8 Å². The number of anilines is 1. The Labute approximate surface area is 213 Å². The number of rotatable bonds is 6. The second kappa shape index (κ2) is 10.6. The number of amides is 1. The summed E-state index contributed by atoms with van der Waals surface area (Å²) < 4.78 is 0. The van der Waals surface area contributed by atoms with E-state index in [2.05, 4.69) is 43.1 Å². The van der Waals surface area contributed by atoms with E-state index < -0.39 is 12.0 Å². The number of benzene rings is 2. The zero-order chi connectivity index (χ0) is 25.1. The first kappa shape index (κ1) is 24.1. The van der Waals surface area contributed by atoms with Crippen LogP contribution in [0.1, 0.15) is 74.1 Å². The Balaban J connectivity index is 1.62. The molecule has 0 radical (unpaired) electrons. The summed E-state index contributed by atoms with van der Waals surface area (Å²) in [5, 5.41) is 0. The smallest absolute Gasteiger partial charge is 0.227 e. The van der Waals surface area contributed by atoms with Gasteiger partial charge in [-0.15, -0.1) is 0 Å². The van der Waals surface area contributed by atoms with Crippen molar-refractivity contribution in [3.05, 3.63) is 89.7 Å². The number of ketones is 1. The number of nitrogens with zero attached hydrogens (tertiary/aromatic N) is 3. The maximum atomic E-state index is 14.0. The first-order valence-electron chi connectivity index (χ1n) is 13.0. The van der Waals surface area contributed by atoms with Gasteiger partial charge in [0.1, 0.15) is 5.78 Å². The second-order valence-corrected chi connectivity index (χ2v) is 10.0. The number of aromatic nitrogens is 1. The predicted molar refractivity (Wildman–Crippen MR) is 144 cm³/mol. The fraction of sp³-hybridized carbons (Fsp3) is 0.355. The Morgan fingerprint density at radius 1 is 0.972 bits per heavy atom. The molecule has 0 bridgehead atoms. The number of hydrogen-bond donors (Lipinski definition) is 0. The van der Waals surface area contributed by atoms with Crippen LogP contribution in [0.2, 0.25) is 0 Å². The maximum absolute atomic E-state index is 14.0. The molecule has 2 aromatic carbocycles. The van der Waals surface area contributed by atoms with E-state index in [-0.39, 0.29) is 17.6 Å². The lowest BCUT2D eigenvalue weighted by Gasteiger charge is -2.38. The number of pyridine rings is 1. The molecule has 2 aliphatic rings. The third kappa shape index (κ3) is 4.75. The molecule has 2 heterocycles. The zero-order valence-corrected chi connectivity index (χ0v) is 21.1. The van der Waals surface area contributed by atoms with Crippen LogP contribution in [0, 0.1) is 12.8 Å². The first-order valence-corrected chi connectivity index (χ1v) is 13.0. The fourth-order valence-corrected chi connectivity index (χ4v) is 5.60. The minimum absolute atomic E-state index is 0.0367. The summed E-state index contributed by atoms with van der Waals surface area (Å²) in [5.74, 6) is -0.228. The fourth-order valence-electron chi connectivity index (χ4n) is 5.60. The highest BCUT2D eigenvalue weighted by Crippen LogP contribution is 2.47. The minimum Gasteiger partial charge on any atom is -0.302 e. The van der Waals surface area contributed by atoms with Crippen LogP contribution in [-0.2, 0) is 9.59 Å². The molecule has 36 heavy (non-hydrogen) atoms. The van der Waals surface area contributed by atoms with Crippen molar-refractivity contribution in [1.29, 1.82) is 0 Å². The number of aliphatic imine (C=N–C) groups is 1. The molecule has 0 N–H and O–H groups in total. The number of hydrogen-bond acceptors (Lipinski definition) is 4. The van der Waals surface area contributed by atoms with Crippen molar-refractivity contribution in [2.75, 3.05) is 4.90 Å². The molecule has 184 valence electrons. The van der Waals surface area contributed by atoms with Crippen molar-refractivity contribution in [3.8, 4) is 0 Å². The average molecular weight is 480 g/mol. The summed E-state index contributed by atoms with van der Waals surface area (Å²) in [7, 11) is 0. The van der Waals surface area contributed by atoms with Gasteiger partial charge in [-0.1, -0.05) is 67.8 Å². The van der Waals surface area contributed by atoms with E-state index in [0.29, 0.717) is 19.3 Å². The monoisotopic (exact) mass is 479 g/mol. The van der Waals surface area contributed by atoms with Crippen LogP contribution in [0.4, 0.5) is 11.4 Å². The molecule has 0 saturated heterocycles. The third-order valence-corrected chi connectivity index (χ3v) is 7.45. The van der Waals surface area contributed by atoms with Crippen molar-refractivity contribution in [2.24, 2.45) is 10.9 Å². The summed E-state index contributed by atoms with van der Waals surface area (Å²) in [6, 6.07) is 19.7. The van der Waals surface area contributed by atoms with Gasteiger partial charge in [-0.2, -0.15) is 0 Å². The predicted octanol–water partition coefficient (Wildman–Crippen LogP) is 6.89. The van der Waals surface area contributed by atoms with E-state index >= 15 is 0 Å². The highest BCUT2D eigenvalue weighted by atomic mass is 16.2. The number of carbonyl (C=O) groups excluding carboxylic acids is 2. The lowest BCUT2D eigenvalue weighted by atomic mass is 9.72.